The van der Waals surface area contributed by atoms with E-state index in [0.717, 1.165) is 40.1 Å². The monoisotopic (exact) mass is 481 g/mol. The summed E-state index contributed by atoms with van der Waals surface area (Å²) in [4.78, 5) is 16.9. The predicted octanol–water partition coefficient (Wildman–Crippen LogP) is 6.17. The van der Waals surface area contributed by atoms with Crippen molar-refractivity contribution in [2.45, 2.75) is 18.8 Å². The number of halogens is 2. The molecule has 1 aliphatic rings. The zero-order valence-corrected chi connectivity index (χ0v) is 19.2. The van der Waals surface area contributed by atoms with Crippen LogP contribution in [0, 0.1) is 5.82 Å². The number of rotatable bonds is 3. The Morgan fingerprint density at radius 3 is 2.60 bits per heavy atom. The number of hydrogen-bond donors (Lipinski definition) is 2. The van der Waals surface area contributed by atoms with Crippen LogP contribution < -0.4 is 10.1 Å². The van der Waals surface area contributed by atoms with E-state index in [4.69, 9.17) is 11.6 Å². The van der Waals surface area contributed by atoms with E-state index in [1.165, 1.54) is 11.6 Å². The standard InChI is InChI=1S/C28H18ClFN4O/c29-21-6-4-5-16-18(15-7-8-15)13-19-23(17-9-10-22(30)25-20(17)14-31-33-25)27(34-11-2-1-3-12-34)28(35)32-26(19)24(16)21/h1-6,9-15H,7-8H2,(H-,31,32,33,35)/p+1. The largest absolute Gasteiger partial charge is 0.321 e. The van der Waals surface area contributed by atoms with Crippen LogP contribution in [0.1, 0.15) is 24.3 Å². The maximum absolute atomic E-state index is 14.6. The van der Waals surface area contributed by atoms with Gasteiger partial charge in [0.25, 0.3) is 5.69 Å². The lowest BCUT2D eigenvalue weighted by Crippen LogP contribution is -2.37. The molecule has 0 amide bonds. The summed E-state index contributed by atoms with van der Waals surface area (Å²) in [6, 6.07) is 16.8. The van der Waals surface area contributed by atoms with Gasteiger partial charge in [0.15, 0.2) is 12.4 Å². The molecule has 0 spiro atoms. The van der Waals surface area contributed by atoms with Crippen molar-refractivity contribution in [1.29, 1.82) is 0 Å². The summed E-state index contributed by atoms with van der Waals surface area (Å²) < 4.78 is 16.4. The van der Waals surface area contributed by atoms with Gasteiger partial charge in [0, 0.05) is 33.9 Å². The predicted molar refractivity (Wildman–Crippen MR) is 136 cm³/mol. The van der Waals surface area contributed by atoms with Crippen molar-refractivity contribution in [3.8, 4) is 16.8 Å². The smallest absolute Gasteiger partial charge is 0.316 e. The summed E-state index contributed by atoms with van der Waals surface area (Å²) in [5.74, 6) is 0.0617. The first-order valence-corrected chi connectivity index (χ1v) is 11.9. The summed E-state index contributed by atoms with van der Waals surface area (Å²) in [6.07, 6.45) is 7.52. The lowest BCUT2D eigenvalue weighted by molar-refractivity contribution is -0.596. The van der Waals surface area contributed by atoms with E-state index in [2.05, 4.69) is 27.3 Å². The number of nitrogens with one attached hydrogen (secondary N) is 2. The lowest BCUT2D eigenvalue weighted by Gasteiger charge is -2.15. The molecular formula is C28H19ClFN4O+. The average molecular weight is 482 g/mol. The molecule has 170 valence electrons. The van der Waals surface area contributed by atoms with Gasteiger partial charge in [0.1, 0.15) is 11.3 Å². The first-order chi connectivity index (χ1) is 17.1. The van der Waals surface area contributed by atoms with Crippen molar-refractivity contribution in [3.63, 3.8) is 0 Å². The Balaban J connectivity index is 1.74. The Labute approximate surface area is 203 Å². The third-order valence-corrected chi connectivity index (χ3v) is 7.24. The van der Waals surface area contributed by atoms with Crippen LogP contribution in [-0.4, -0.2) is 15.2 Å². The molecular weight excluding hydrogens is 463 g/mol. The fraction of sp³-hybridized carbons (Fsp3) is 0.107. The van der Waals surface area contributed by atoms with Gasteiger partial charge in [0.05, 0.1) is 22.3 Å². The number of hydrogen-bond acceptors (Lipinski definition) is 2. The minimum absolute atomic E-state index is 0.259. The normalized spacial score (nSPS) is 13.8. The van der Waals surface area contributed by atoms with Gasteiger partial charge in [-0.2, -0.15) is 9.67 Å². The maximum atomic E-state index is 14.6. The molecule has 3 aromatic carbocycles. The van der Waals surface area contributed by atoms with Gasteiger partial charge < -0.3 is 4.98 Å². The van der Waals surface area contributed by atoms with Crippen LogP contribution in [0.15, 0.2) is 78.0 Å². The summed E-state index contributed by atoms with van der Waals surface area (Å²) in [6.45, 7) is 0. The summed E-state index contributed by atoms with van der Waals surface area (Å²) in [7, 11) is 0. The molecule has 0 atom stereocenters. The third kappa shape index (κ3) is 3.03. The van der Waals surface area contributed by atoms with E-state index in [-0.39, 0.29) is 5.56 Å². The average Bonchev–Trinajstić information content (AvgIpc) is 3.59. The zero-order valence-electron chi connectivity index (χ0n) is 18.5. The number of H-pyrrole nitrogens is 2. The highest BCUT2D eigenvalue weighted by Crippen LogP contribution is 2.47. The van der Waals surface area contributed by atoms with Gasteiger partial charge in [-0.1, -0.05) is 35.9 Å². The SMILES string of the molecule is O=c1[nH]c2c(cc(C3CC3)c3cccc(Cl)c32)c(-c2ccc(F)c3[nH]ncc23)c1-[n+]1ccccc1. The van der Waals surface area contributed by atoms with E-state index >= 15 is 0 Å². The van der Waals surface area contributed by atoms with E-state index < -0.39 is 5.82 Å². The summed E-state index contributed by atoms with van der Waals surface area (Å²) >= 11 is 6.75. The fourth-order valence-electron chi connectivity index (χ4n) is 5.22. The lowest BCUT2D eigenvalue weighted by atomic mass is 9.91. The van der Waals surface area contributed by atoms with Gasteiger partial charge >= 0.3 is 5.56 Å². The third-order valence-electron chi connectivity index (χ3n) is 6.93. The minimum Gasteiger partial charge on any atom is -0.316 e. The highest BCUT2D eigenvalue weighted by molar-refractivity contribution is 6.38. The van der Waals surface area contributed by atoms with E-state index in [1.807, 2.05) is 42.7 Å². The van der Waals surface area contributed by atoms with Crippen molar-refractivity contribution in [3.05, 3.63) is 99.9 Å². The summed E-state index contributed by atoms with van der Waals surface area (Å²) in [5.41, 5.74) is 3.85. The fourth-order valence-corrected chi connectivity index (χ4v) is 5.49. The molecule has 5 nitrogen and oxygen atoms in total. The van der Waals surface area contributed by atoms with Gasteiger partial charge in [-0.15, -0.1) is 0 Å². The van der Waals surface area contributed by atoms with Crippen molar-refractivity contribution in [2.75, 3.05) is 0 Å². The van der Waals surface area contributed by atoms with Crippen LogP contribution in [0.3, 0.4) is 0 Å². The number of aromatic amines is 2. The van der Waals surface area contributed by atoms with Gasteiger partial charge in [0.2, 0.25) is 0 Å². The van der Waals surface area contributed by atoms with Crippen molar-refractivity contribution >= 4 is 44.2 Å². The highest BCUT2D eigenvalue weighted by Gasteiger charge is 2.30. The Kier molecular flexibility index (Phi) is 4.35. The Morgan fingerprint density at radius 1 is 0.971 bits per heavy atom. The van der Waals surface area contributed by atoms with E-state index in [0.29, 0.717) is 33.0 Å². The molecule has 35 heavy (non-hydrogen) atoms. The number of nitrogens with zero attached hydrogens (tertiary/aromatic N) is 2. The summed E-state index contributed by atoms with van der Waals surface area (Å²) in [5, 5.41) is 10.8. The molecule has 2 N–H and O–H groups in total. The second-order valence-corrected chi connectivity index (χ2v) is 9.45. The second-order valence-electron chi connectivity index (χ2n) is 9.04. The molecule has 0 radical (unpaired) electrons. The van der Waals surface area contributed by atoms with Crippen LogP contribution in [-0.2, 0) is 0 Å². The number of pyridine rings is 2. The molecule has 3 aromatic heterocycles. The molecule has 7 rings (SSSR count). The highest BCUT2D eigenvalue weighted by atomic mass is 35.5. The number of fused-ring (bicyclic) bond motifs is 4. The van der Waals surface area contributed by atoms with Crippen molar-refractivity contribution in [1.82, 2.24) is 15.2 Å². The first-order valence-electron chi connectivity index (χ1n) is 11.5. The van der Waals surface area contributed by atoms with Gasteiger partial charge in [-0.25, -0.2) is 4.39 Å². The molecule has 0 unspecified atom stereocenters. The molecule has 0 aliphatic heterocycles. The molecule has 3 heterocycles. The van der Waals surface area contributed by atoms with Crippen LogP contribution in [0.2, 0.25) is 5.02 Å². The Hall–Kier alpha value is -4.03. The van der Waals surface area contributed by atoms with Crippen LogP contribution in [0.4, 0.5) is 4.39 Å². The van der Waals surface area contributed by atoms with E-state index in [1.54, 1.807) is 16.8 Å². The van der Waals surface area contributed by atoms with Crippen LogP contribution in [0.25, 0.3) is 49.4 Å². The number of aromatic nitrogens is 4. The molecule has 6 aromatic rings. The second kappa shape index (κ2) is 7.48. The zero-order chi connectivity index (χ0) is 23.7. The Bertz CT molecular complexity index is 1860. The molecule has 7 heteroatoms. The quantitative estimate of drug-likeness (QED) is 0.234. The maximum Gasteiger partial charge on any atom is 0.321 e. The molecule has 1 aliphatic carbocycles. The van der Waals surface area contributed by atoms with Crippen LogP contribution >= 0.6 is 11.6 Å². The van der Waals surface area contributed by atoms with Gasteiger partial charge in [-0.3, -0.25) is 9.89 Å². The molecule has 1 saturated carbocycles. The van der Waals surface area contributed by atoms with Crippen molar-refractivity contribution < 1.29 is 8.96 Å². The van der Waals surface area contributed by atoms with E-state index in [9.17, 15) is 9.18 Å². The molecule has 1 fully saturated rings. The van der Waals surface area contributed by atoms with Gasteiger partial charge in [-0.05, 0) is 47.9 Å². The Morgan fingerprint density at radius 2 is 1.80 bits per heavy atom. The molecule has 0 bridgehead atoms. The minimum atomic E-state index is -0.392. The van der Waals surface area contributed by atoms with Crippen LogP contribution in [0.5, 0.6) is 0 Å². The molecule has 0 saturated heterocycles. The topological polar surface area (TPSA) is 65.4 Å². The van der Waals surface area contributed by atoms with Crippen molar-refractivity contribution in [2.24, 2.45) is 0 Å². The number of benzene rings is 3. The first kappa shape index (κ1) is 20.4.